The fraction of sp³-hybridized carbons (Fsp3) is 0.750. The Morgan fingerprint density at radius 2 is 1.95 bits per heavy atom. The van der Waals surface area contributed by atoms with Crippen LogP contribution in [-0.2, 0) is 5.54 Å². The van der Waals surface area contributed by atoms with Gasteiger partial charge in [-0.05, 0) is 53.4 Å². The number of aromatic nitrogens is 2. The van der Waals surface area contributed by atoms with Gasteiger partial charge >= 0.3 is 0 Å². The molecule has 5 nitrogen and oxygen atoms in total. The number of carbonyl (C=O) groups is 1. The van der Waals surface area contributed by atoms with Gasteiger partial charge in [-0.1, -0.05) is 0 Å². The molecule has 3 rings (SSSR count). The minimum Gasteiger partial charge on any atom is -0.349 e. The van der Waals surface area contributed by atoms with E-state index in [0.29, 0.717) is 23.7 Å². The van der Waals surface area contributed by atoms with E-state index in [1.165, 1.54) is 12.8 Å². The second-order valence-electron chi connectivity index (χ2n) is 7.51. The highest BCUT2D eigenvalue weighted by Gasteiger charge is 2.34. The van der Waals surface area contributed by atoms with Crippen LogP contribution in [0.1, 0.15) is 62.5 Å². The Bertz CT molecular complexity index is 531. The predicted molar refractivity (Wildman–Crippen MR) is 82.4 cm³/mol. The van der Waals surface area contributed by atoms with Gasteiger partial charge in [0.25, 0.3) is 5.91 Å². The average Bonchev–Trinajstić information content (AvgIpc) is 2.92. The minimum absolute atomic E-state index is 0.0225. The number of fused-ring (bicyclic) bond motifs is 2. The van der Waals surface area contributed by atoms with Gasteiger partial charge in [0, 0.05) is 23.8 Å². The van der Waals surface area contributed by atoms with E-state index in [9.17, 15) is 4.79 Å². The van der Waals surface area contributed by atoms with Gasteiger partial charge in [0.15, 0.2) is 0 Å². The normalized spacial score (nSPS) is 28.7. The van der Waals surface area contributed by atoms with Gasteiger partial charge < -0.3 is 10.6 Å². The number of rotatable bonds is 2. The molecule has 2 aliphatic heterocycles. The summed E-state index contributed by atoms with van der Waals surface area (Å²) in [7, 11) is 0. The average molecular weight is 290 g/mol. The summed E-state index contributed by atoms with van der Waals surface area (Å²) in [4.78, 5) is 12.5. The summed E-state index contributed by atoms with van der Waals surface area (Å²) in [6.45, 7) is 8.26. The Hall–Kier alpha value is -1.36. The first-order chi connectivity index (χ1) is 9.84. The molecule has 2 atom stereocenters. The van der Waals surface area contributed by atoms with E-state index >= 15 is 0 Å². The fourth-order valence-corrected chi connectivity index (χ4v) is 3.75. The van der Waals surface area contributed by atoms with E-state index in [-0.39, 0.29) is 11.4 Å². The molecular formula is C16H26N4O. The molecule has 0 radical (unpaired) electrons. The summed E-state index contributed by atoms with van der Waals surface area (Å²) in [5.41, 5.74) is 1.55. The zero-order valence-electron chi connectivity index (χ0n) is 13.4. The predicted octanol–water partition coefficient (Wildman–Crippen LogP) is 1.96. The third-order valence-corrected chi connectivity index (χ3v) is 4.70. The molecule has 1 aromatic heterocycles. The Morgan fingerprint density at radius 1 is 1.33 bits per heavy atom. The summed E-state index contributed by atoms with van der Waals surface area (Å²) >= 11 is 0. The maximum atomic E-state index is 12.5. The maximum Gasteiger partial charge on any atom is 0.254 e. The van der Waals surface area contributed by atoms with Crippen molar-refractivity contribution in [1.82, 2.24) is 20.4 Å². The molecule has 2 fully saturated rings. The van der Waals surface area contributed by atoms with Gasteiger partial charge in [0.05, 0.1) is 17.3 Å². The first-order valence-electron chi connectivity index (χ1n) is 7.96. The maximum absolute atomic E-state index is 12.5. The van der Waals surface area contributed by atoms with Crippen LogP contribution in [0.2, 0.25) is 0 Å². The van der Waals surface area contributed by atoms with E-state index in [2.05, 4.69) is 36.5 Å². The van der Waals surface area contributed by atoms with Crippen molar-refractivity contribution in [1.29, 1.82) is 0 Å². The van der Waals surface area contributed by atoms with Crippen molar-refractivity contribution in [3.63, 3.8) is 0 Å². The molecule has 3 heterocycles. The Balaban J connectivity index is 1.70. The lowest BCUT2D eigenvalue weighted by Gasteiger charge is -2.29. The zero-order valence-corrected chi connectivity index (χ0v) is 13.4. The molecular weight excluding hydrogens is 264 g/mol. The molecule has 0 aromatic carbocycles. The molecule has 116 valence electrons. The third kappa shape index (κ3) is 2.84. The number of hydrogen-bond acceptors (Lipinski definition) is 3. The number of carbonyl (C=O) groups excluding carboxylic acids is 1. The van der Waals surface area contributed by atoms with Crippen molar-refractivity contribution in [2.75, 3.05) is 0 Å². The van der Waals surface area contributed by atoms with Gasteiger partial charge in [-0.3, -0.25) is 9.48 Å². The topological polar surface area (TPSA) is 59.0 Å². The van der Waals surface area contributed by atoms with E-state index in [0.717, 1.165) is 18.5 Å². The molecule has 21 heavy (non-hydrogen) atoms. The van der Waals surface area contributed by atoms with Crippen molar-refractivity contribution in [2.24, 2.45) is 0 Å². The molecule has 2 bridgehead atoms. The van der Waals surface area contributed by atoms with Crippen LogP contribution in [0.15, 0.2) is 6.20 Å². The van der Waals surface area contributed by atoms with Crippen LogP contribution in [0.5, 0.6) is 0 Å². The highest BCUT2D eigenvalue weighted by Crippen LogP contribution is 2.27. The molecule has 1 amide bonds. The number of hydrogen-bond donors (Lipinski definition) is 2. The third-order valence-electron chi connectivity index (χ3n) is 4.70. The van der Waals surface area contributed by atoms with Crippen molar-refractivity contribution >= 4 is 5.91 Å². The largest absolute Gasteiger partial charge is 0.349 e. The Labute approximate surface area is 126 Å². The van der Waals surface area contributed by atoms with Crippen molar-refractivity contribution in [2.45, 2.75) is 77.0 Å². The van der Waals surface area contributed by atoms with Gasteiger partial charge in [-0.25, -0.2) is 0 Å². The van der Waals surface area contributed by atoms with E-state index < -0.39 is 0 Å². The highest BCUT2D eigenvalue weighted by atomic mass is 16.1. The van der Waals surface area contributed by atoms with Gasteiger partial charge in [-0.15, -0.1) is 0 Å². The number of nitrogens with one attached hydrogen (secondary N) is 2. The van der Waals surface area contributed by atoms with Gasteiger partial charge in [0.2, 0.25) is 0 Å². The first-order valence-corrected chi connectivity index (χ1v) is 7.96. The number of nitrogens with zero attached hydrogens (tertiary/aromatic N) is 2. The minimum atomic E-state index is -0.101. The van der Waals surface area contributed by atoms with Gasteiger partial charge in [0.1, 0.15) is 0 Å². The smallest absolute Gasteiger partial charge is 0.254 e. The monoisotopic (exact) mass is 290 g/mol. The van der Waals surface area contributed by atoms with Crippen LogP contribution in [0, 0.1) is 6.92 Å². The summed E-state index contributed by atoms with van der Waals surface area (Å²) in [5, 5.41) is 11.2. The quantitative estimate of drug-likeness (QED) is 0.875. The second kappa shape index (κ2) is 5.13. The highest BCUT2D eigenvalue weighted by molar-refractivity contribution is 5.95. The molecule has 0 saturated carbocycles. The van der Waals surface area contributed by atoms with Crippen LogP contribution in [0.3, 0.4) is 0 Å². The van der Waals surface area contributed by atoms with Crippen LogP contribution in [0.4, 0.5) is 0 Å². The summed E-state index contributed by atoms with van der Waals surface area (Å²) in [5.74, 6) is 0.0225. The van der Waals surface area contributed by atoms with Crippen molar-refractivity contribution in [3.8, 4) is 0 Å². The van der Waals surface area contributed by atoms with Crippen LogP contribution in [-0.4, -0.2) is 33.8 Å². The fourth-order valence-electron chi connectivity index (χ4n) is 3.75. The molecule has 1 aromatic rings. The van der Waals surface area contributed by atoms with Crippen molar-refractivity contribution < 1.29 is 4.79 Å². The molecule has 2 aliphatic rings. The van der Waals surface area contributed by atoms with Crippen LogP contribution < -0.4 is 10.6 Å². The summed E-state index contributed by atoms with van der Waals surface area (Å²) < 4.78 is 1.92. The van der Waals surface area contributed by atoms with E-state index in [1.54, 1.807) is 6.20 Å². The summed E-state index contributed by atoms with van der Waals surface area (Å²) in [6, 6.07) is 1.48. The number of amides is 1. The van der Waals surface area contributed by atoms with Crippen molar-refractivity contribution in [3.05, 3.63) is 17.5 Å². The van der Waals surface area contributed by atoms with E-state index in [1.807, 2.05) is 11.6 Å². The van der Waals surface area contributed by atoms with Crippen LogP contribution in [0.25, 0.3) is 0 Å². The first kappa shape index (κ1) is 14.6. The lowest BCUT2D eigenvalue weighted by molar-refractivity contribution is 0.0923. The second-order valence-corrected chi connectivity index (χ2v) is 7.51. The zero-order chi connectivity index (χ0) is 15.2. The molecule has 2 unspecified atom stereocenters. The van der Waals surface area contributed by atoms with Gasteiger partial charge in [-0.2, -0.15) is 5.10 Å². The van der Waals surface area contributed by atoms with E-state index in [4.69, 9.17) is 0 Å². The lowest BCUT2D eigenvalue weighted by Crippen LogP contribution is -2.48. The summed E-state index contributed by atoms with van der Waals surface area (Å²) in [6.07, 6.45) is 6.30. The number of piperidine rings is 1. The molecule has 2 N–H and O–H groups in total. The Kier molecular flexibility index (Phi) is 3.56. The molecule has 0 aliphatic carbocycles. The molecule has 5 heteroatoms. The molecule has 0 spiro atoms. The van der Waals surface area contributed by atoms with Crippen LogP contribution >= 0.6 is 0 Å². The Morgan fingerprint density at radius 3 is 2.48 bits per heavy atom. The SMILES string of the molecule is Cc1c(C(=O)NC2CC3CCC(C2)N3)cnn1C(C)(C)C. The molecule has 2 saturated heterocycles. The lowest BCUT2D eigenvalue weighted by atomic mass is 9.99. The standard InChI is InChI=1S/C16H26N4O/c1-10-14(9-17-20(10)16(2,3)4)15(21)19-13-7-11-5-6-12(8-13)18-11/h9,11-13,18H,5-8H2,1-4H3,(H,19,21).